The first-order valence-electron chi connectivity index (χ1n) is 3.46. The molecule has 0 aromatic carbocycles. The van der Waals surface area contributed by atoms with Gasteiger partial charge in [0, 0.05) is 0 Å². The zero-order valence-electron chi connectivity index (χ0n) is 6.12. The molecular formula is C8H15. The third-order valence-corrected chi connectivity index (χ3v) is 2.02. The molecule has 1 aliphatic carbocycles. The lowest BCUT2D eigenvalue weighted by atomic mass is 9.69. The first-order chi connectivity index (χ1) is 3.61. The Labute approximate surface area is 52.3 Å². The van der Waals surface area contributed by atoms with Gasteiger partial charge in [0.15, 0.2) is 0 Å². The molecular weight excluding hydrogens is 96.1 g/mol. The average Bonchev–Trinajstić information content (AvgIpc) is 1.16. The molecule has 0 heterocycles. The van der Waals surface area contributed by atoms with Crippen molar-refractivity contribution in [3.8, 4) is 0 Å². The van der Waals surface area contributed by atoms with Crippen LogP contribution >= 0.6 is 0 Å². The van der Waals surface area contributed by atoms with Crippen LogP contribution in [0, 0.1) is 11.3 Å². The van der Waals surface area contributed by atoms with Crippen LogP contribution in [-0.4, -0.2) is 0 Å². The van der Waals surface area contributed by atoms with Gasteiger partial charge in [-0.15, -0.1) is 0 Å². The van der Waals surface area contributed by atoms with E-state index in [1.807, 2.05) is 0 Å². The topological polar surface area (TPSA) is 0 Å². The second-order valence-electron chi connectivity index (χ2n) is 3.71. The summed E-state index contributed by atoms with van der Waals surface area (Å²) in [5, 5.41) is 0. The van der Waals surface area contributed by atoms with E-state index in [1.54, 1.807) is 5.92 Å². The quantitative estimate of drug-likeness (QED) is 0.451. The van der Waals surface area contributed by atoms with Crippen molar-refractivity contribution in [1.82, 2.24) is 0 Å². The molecule has 1 fully saturated rings. The van der Waals surface area contributed by atoms with E-state index in [0.29, 0.717) is 5.41 Å². The summed E-state index contributed by atoms with van der Waals surface area (Å²) >= 11 is 0. The van der Waals surface area contributed by atoms with Crippen molar-refractivity contribution in [2.45, 2.75) is 40.0 Å². The van der Waals surface area contributed by atoms with Gasteiger partial charge in [-0.1, -0.05) is 27.2 Å². The zero-order valence-corrected chi connectivity index (χ0v) is 6.12. The van der Waals surface area contributed by atoms with Crippen LogP contribution in [-0.2, 0) is 0 Å². The lowest BCUT2D eigenvalue weighted by Crippen LogP contribution is -2.24. The van der Waals surface area contributed by atoms with Crippen molar-refractivity contribution in [3.63, 3.8) is 0 Å². The third kappa shape index (κ3) is 1.04. The molecule has 0 atom stereocenters. The standard InChI is InChI=1S/C8H15/c1-8(2,3)7-5-4-6-7/h4-6H2,1-3H3. The fourth-order valence-corrected chi connectivity index (χ4v) is 1.10. The second-order valence-corrected chi connectivity index (χ2v) is 3.71. The van der Waals surface area contributed by atoms with Crippen molar-refractivity contribution < 1.29 is 0 Å². The first-order valence-corrected chi connectivity index (χ1v) is 3.46. The summed E-state index contributed by atoms with van der Waals surface area (Å²) in [6.07, 6.45) is 4.22. The molecule has 0 bridgehead atoms. The minimum atomic E-state index is 0.512. The third-order valence-electron chi connectivity index (χ3n) is 2.02. The van der Waals surface area contributed by atoms with Gasteiger partial charge in [0.25, 0.3) is 0 Å². The number of hydrogen-bond acceptors (Lipinski definition) is 0. The van der Waals surface area contributed by atoms with Crippen LogP contribution in [0.25, 0.3) is 0 Å². The van der Waals surface area contributed by atoms with E-state index < -0.39 is 0 Å². The summed E-state index contributed by atoms with van der Waals surface area (Å²) < 4.78 is 0. The Morgan fingerprint density at radius 3 is 1.62 bits per heavy atom. The monoisotopic (exact) mass is 111 g/mol. The minimum Gasteiger partial charge on any atom is -0.0596 e. The Bertz CT molecular complexity index is 72.5. The van der Waals surface area contributed by atoms with Crippen LogP contribution in [0.2, 0.25) is 0 Å². The fraction of sp³-hybridized carbons (Fsp3) is 0.875. The van der Waals surface area contributed by atoms with Crippen molar-refractivity contribution in [1.29, 1.82) is 0 Å². The number of rotatable bonds is 0. The molecule has 0 spiro atoms. The van der Waals surface area contributed by atoms with E-state index in [-0.39, 0.29) is 0 Å². The highest BCUT2D eigenvalue weighted by Gasteiger charge is 2.29. The largest absolute Gasteiger partial charge is 0.0596 e. The van der Waals surface area contributed by atoms with Gasteiger partial charge in [-0.05, 0) is 24.2 Å². The highest BCUT2D eigenvalue weighted by atomic mass is 14.3. The average molecular weight is 111 g/mol. The Balaban J connectivity index is 2.34. The van der Waals surface area contributed by atoms with Gasteiger partial charge in [-0.25, -0.2) is 0 Å². The lowest BCUT2D eigenvalue weighted by molar-refractivity contribution is 0.320. The van der Waals surface area contributed by atoms with Gasteiger partial charge in [0.05, 0.1) is 0 Å². The van der Waals surface area contributed by atoms with Crippen molar-refractivity contribution in [2.75, 3.05) is 0 Å². The Morgan fingerprint density at radius 2 is 1.62 bits per heavy atom. The van der Waals surface area contributed by atoms with Gasteiger partial charge in [0.1, 0.15) is 0 Å². The molecule has 0 aromatic heterocycles. The molecule has 1 saturated carbocycles. The molecule has 0 heteroatoms. The summed E-state index contributed by atoms with van der Waals surface area (Å²) in [7, 11) is 0. The molecule has 0 saturated heterocycles. The van der Waals surface area contributed by atoms with Crippen molar-refractivity contribution >= 4 is 0 Å². The van der Waals surface area contributed by atoms with Crippen LogP contribution in [0.5, 0.6) is 0 Å². The van der Waals surface area contributed by atoms with Crippen molar-refractivity contribution in [2.24, 2.45) is 5.41 Å². The maximum atomic E-state index is 2.31. The predicted octanol–water partition coefficient (Wildman–Crippen LogP) is 2.79. The van der Waals surface area contributed by atoms with Crippen LogP contribution in [0.4, 0.5) is 0 Å². The molecule has 47 valence electrons. The van der Waals surface area contributed by atoms with Crippen LogP contribution in [0.3, 0.4) is 0 Å². The fourth-order valence-electron chi connectivity index (χ4n) is 1.10. The van der Waals surface area contributed by atoms with E-state index in [0.717, 1.165) is 0 Å². The molecule has 8 heavy (non-hydrogen) atoms. The predicted molar refractivity (Wildman–Crippen MR) is 36.5 cm³/mol. The molecule has 0 N–H and O–H groups in total. The van der Waals surface area contributed by atoms with Gasteiger partial charge >= 0.3 is 0 Å². The number of hydrogen-bond donors (Lipinski definition) is 0. The zero-order chi connectivity index (χ0) is 6.20. The van der Waals surface area contributed by atoms with E-state index in [9.17, 15) is 0 Å². The summed E-state index contributed by atoms with van der Waals surface area (Å²) in [5.74, 6) is 1.76. The molecule has 0 amide bonds. The van der Waals surface area contributed by atoms with Gasteiger partial charge in [-0.2, -0.15) is 0 Å². The highest BCUT2D eigenvalue weighted by molar-refractivity contribution is 5.06. The van der Waals surface area contributed by atoms with E-state index in [4.69, 9.17) is 0 Å². The first kappa shape index (κ1) is 6.12. The Hall–Kier alpha value is 0. The molecule has 0 aliphatic heterocycles. The molecule has 0 aromatic rings. The molecule has 0 unspecified atom stereocenters. The smallest absolute Gasteiger partial charge is 0.0187 e. The van der Waals surface area contributed by atoms with Crippen molar-refractivity contribution in [3.05, 3.63) is 5.92 Å². The van der Waals surface area contributed by atoms with E-state index >= 15 is 0 Å². The van der Waals surface area contributed by atoms with Crippen LogP contribution in [0.15, 0.2) is 0 Å². The molecule has 1 aliphatic rings. The summed E-state index contributed by atoms with van der Waals surface area (Å²) in [6.45, 7) is 6.92. The summed E-state index contributed by atoms with van der Waals surface area (Å²) in [6, 6.07) is 0. The Morgan fingerprint density at radius 1 is 1.12 bits per heavy atom. The van der Waals surface area contributed by atoms with Crippen LogP contribution in [0.1, 0.15) is 40.0 Å². The molecule has 1 radical (unpaired) electrons. The van der Waals surface area contributed by atoms with Gasteiger partial charge < -0.3 is 0 Å². The van der Waals surface area contributed by atoms with Crippen LogP contribution < -0.4 is 0 Å². The highest BCUT2D eigenvalue weighted by Crippen LogP contribution is 2.42. The lowest BCUT2D eigenvalue weighted by Gasteiger charge is -2.36. The summed E-state index contributed by atoms with van der Waals surface area (Å²) in [4.78, 5) is 0. The van der Waals surface area contributed by atoms with E-state index in [2.05, 4.69) is 20.8 Å². The maximum absolute atomic E-state index is 2.31. The second kappa shape index (κ2) is 1.75. The normalized spacial score (nSPS) is 22.9. The summed E-state index contributed by atoms with van der Waals surface area (Å²) in [5.41, 5.74) is 0.512. The maximum Gasteiger partial charge on any atom is -0.0187 e. The minimum absolute atomic E-state index is 0.512. The van der Waals surface area contributed by atoms with Gasteiger partial charge in [-0.3, -0.25) is 0 Å². The SMILES string of the molecule is CC(C)(C)[C]1CCC1. The molecule has 1 rings (SSSR count). The van der Waals surface area contributed by atoms with E-state index in [1.165, 1.54) is 19.3 Å². The Kier molecular flexibility index (Phi) is 1.34. The molecule has 0 nitrogen and oxygen atoms in total. The van der Waals surface area contributed by atoms with Gasteiger partial charge in [0.2, 0.25) is 0 Å².